The molecule has 0 N–H and O–H groups in total. The lowest BCUT2D eigenvalue weighted by Crippen LogP contribution is -2.39. The molecule has 0 aromatic rings. The Balaban J connectivity index is 1.80. The molecule has 0 atom stereocenters. The first-order valence-electron chi connectivity index (χ1n) is 16.2. The molecule has 0 aliphatic carbocycles. The van der Waals surface area contributed by atoms with Crippen LogP contribution in [-0.2, 0) is 0 Å². The van der Waals surface area contributed by atoms with Crippen molar-refractivity contribution in [2.24, 2.45) is 5.92 Å². The zero-order chi connectivity index (χ0) is 24.5. The summed E-state index contributed by atoms with van der Waals surface area (Å²) in [5, 5.41) is 0. The van der Waals surface area contributed by atoms with Crippen LogP contribution < -0.4 is 0 Å². The van der Waals surface area contributed by atoms with Gasteiger partial charge in [0.05, 0.1) is 0 Å². The van der Waals surface area contributed by atoms with Crippen molar-refractivity contribution in [2.45, 2.75) is 162 Å². The molecular formula is C32H66N2. The number of hydrogen-bond donors (Lipinski definition) is 0. The van der Waals surface area contributed by atoms with Gasteiger partial charge in [-0.05, 0) is 70.7 Å². The Kier molecular flexibility index (Phi) is 23.1. The topological polar surface area (TPSA) is 6.48 Å². The average molecular weight is 479 g/mol. The van der Waals surface area contributed by atoms with Crippen molar-refractivity contribution in [2.75, 3.05) is 39.3 Å². The zero-order valence-corrected chi connectivity index (χ0v) is 24.3. The Labute approximate surface area is 217 Å². The normalized spacial score (nSPS) is 15.5. The van der Waals surface area contributed by atoms with Gasteiger partial charge in [0, 0.05) is 6.54 Å². The van der Waals surface area contributed by atoms with Crippen LogP contribution in [0.5, 0.6) is 0 Å². The summed E-state index contributed by atoms with van der Waals surface area (Å²) in [6, 6.07) is 0. The lowest BCUT2D eigenvalue weighted by molar-refractivity contribution is 0.141. The van der Waals surface area contributed by atoms with Crippen LogP contribution in [0.4, 0.5) is 0 Å². The van der Waals surface area contributed by atoms with Crippen molar-refractivity contribution in [3.63, 3.8) is 0 Å². The maximum Gasteiger partial charge on any atom is 0.00106 e. The molecule has 0 amide bonds. The summed E-state index contributed by atoms with van der Waals surface area (Å²) in [4.78, 5) is 5.48. The molecule has 0 unspecified atom stereocenters. The Morgan fingerprint density at radius 2 is 0.882 bits per heavy atom. The van der Waals surface area contributed by atoms with Crippen LogP contribution in [0.1, 0.15) is 162 Å². The van der Waals surface area contributed by atoms with E-state index in [-0.39, 0.29) is 0 Å². The lowest BCUT2D eigenvalue weighted by atomic mass is 9.95. The third kappa shape index (κ3) is 19.1. The monoisotopic (exact) mass is 479 g/mol. The standard InChI is InChI=1S/C32H66N2/c1-4-7-8-9-10-11-12-13-14-15-16-17-18-19-20-21-22-23-28-33-29-24-32(25-30-33)31-34(26-5-2)27-6-3/h32H,4-31H2,1-3H3. The molecule has 1 fully saturated rings. The maximum absolute atomic E-state index is 2.76. The second kappa shape index (κ2) is 24.6. The van der Waals surface area contributed by atoms with Crippen molar-refractivity contribution in [1.29, 1.82) is 0 Å². The first-order chi connectivity index (χ1) is 16.8. The molecule has 204 valence electrons. The predicted molar refractivity (Wildman–Crippen MR) is 155 cm³/mol. The minimum atomic E-state index is 0.953. The summed E-state index contributed by atoms with van der Waals surface area (Å²) < 4.78 is 0. The van der Waals surface area contributed by atoms with Crippen LogP contribution in [0.15, 0.2) is 0 Å². The van der Waals surface area contributed by atoms with Gasteiger partial charge in [-0.25, -0.2) is 0 Å². The Morgan fingerprint density at radius 1 is 0.500 bits per heavy atom. The first-order valence-corrected chi connectivity index (χ1v) is 16.2. The van der Waals surface area contributed by atoms with Gasteiger partial charge >= 0.3 is 0 Å². The van der Waals surface area contributed by atoms with Gasteiger partial charge in [-0.2, -0.15) is 0 Å². The van der Waals surface area contributed by atoms with E-state index in [1.165, 1.54) is 181 Å². The van der Waals surface area contributed by atoms with Crippen molar-refractivity contribution >= 4 is 0 Å². The SMILES string of the molecule is CCCCCCCCCCCCCCCCCCCCN1CCC(CN(CCC)CCC)CC1. The van der Waals surface area contributed by atoms with Crippen LogP contribution in [-0.4, -0.2) is 49.1 Å². The molecule has 0 aromatic carbocycles. The molecule has 34 heavy (non-hydrogen) atoms. The Morgan fingerprint density at radius 3 is 1.26 bits per heavy atom. The second-order valence-corrected chi connectivity index (χ2v) is 11.6. The van der Waals surface area contributed by atoms with Gasteiger partial charge in [-0.3, -0.25) is 0 Å². The highest BCUT2D eigenvalue weighted by atomic mass is 15.1. The average Bonchev–Trinajstić information content (AvgIpc) is 2.84. The van der Waals surface area contributed by atoms with E-state index in [9.17, 15) is 0 Å². The molecule has 0 saturated carbocycles. The first kappa shape index (κ1) is 31.9. The van der Waals surface area contributed by atoms with Gasteiger partial charge in [-0.1, -0.05) is 130 Å². The Hall–Kier alpha value is -0.0800. The number of likely N-dealkylation sites (tertiary alicyclic amines) is 1. The molecule has 1 saturated heterocycles. The summed E-state index contributed by atoms with van der Waals surface area (Å²) in [6.45, 7) is 15.0. The van der Waals surface area contributed by atoms with Crippen molar-refractivity contribution in [3.8, 4) is 0 Å². The van der Waals surface area contributed by atoms with Gasteiger partial charge in [0.25, 0.3) is 0 Å². The molecule has 1 aliphatic heterocycles. The number of rotatable bonds is 25. The summed E-state index contributed by atoms with van der Waals surface area (Å²) in [5.41, 5.74) is 0. The summed E-state index contributed by atoms with van der Waals surface area (Å²) in [5.74, 6) is 0.953. The van der Waals surface area contributed by atoms with Crippen LogP contribution in [0.25, 0.3) is 0 Å². The highest BCUT2D eigenvalue weighted by molar-refractivity contribution is 4.75. The van der Waals surface area contributed by atoms with E-state index in [0.29, 0.717) is 0 Å². The van der Waals surface area contributed by atoms with E-state index in [0.717, 1.165) is 5.92 Å². The molecule has 0 bridgehead atoms. The highest BCUT2D eigenvalue weighted by Gasteiger charge is 2.20. The molecule has 1 heterocycles. The van der Waals surface area contributed by atoms with E-state index >= 15 is 0 Å². The van der Waals surface area contributed by atoms with Gasteiger partial charge in [0.2, 0.25) is 0 Å². The van der Waals surface area contributed by atoms with Crippen molar-refractivity contribution in [1.82, 2.24) is 9.80 Å². The number of unbranched alkanes of at least 4 members (excludes halogenated alkanes) is 17. The van der Waals surface area contributed by atoms with Crippen molar-refractivity contribution < 1.29 is 0 Å². The van der Waals surface area contributed by atoms with E-state index in [1.54, 1.807) is 0 Å². The van der Waals surface area contributed by atoms with Crippen LogP contribution in [0.3, 0.4) is 0 Å². The highest BCUT2D eigenvalue weighted by Crippen LogP contribution is 2.20. The van der Waals surface area contributed by atoms with E-state index in [2.05, 4.69) is 30.6 Å². The predicted octanol–water partition coefficient (Wildman–Crippen LogP) is 9.86. The molecule has 2 nitrogen and oxygen atoms in total. The zero-order valence-electron chi connectivity index (χ0n) is 24.3. The van der Waals surface area contributed by atoms with Crippen molar-refractivity contribution in [3.05, 3.63) is 0 Å². The summed E-state index contributed by atoms with van der Waals surface area (Å²) >= 11 is 0. The molecule has 2 heteroatoms. The van der Waals surface area contributed by atoms with Crippen LogP contribution >= 0.6 is 0 Å². The van der Waals surface area contributed by atoms with Crippen LogP contribution in [0, 0.1) is 5.92 Å². The largest absolute Gasteiger partial charge is 0.303 e. The van der Waals surface area contributed by atoms with Gasteiger partial charge < -0.3 is 9.80 Å². The number of hydrogen-bond acceptors (Lipinski definition) is 2. The fraction of sp³-hybridized carbons (Fsp3) is 1.00. The van der Waals surface area contributed by atoms with Gasteiger partial charge in [-0.15, -0.1) is 0 Å². The molecular weight excluding hydrogens is 412 g/mol. The molecule has 1 rings (SSSR count). The number of nitrogens with zero attached hydrogens (tertiary/aromatic N) is 2. The summed E-state index contributed by atoms with van der Waals surface area (Å²) in [6.07, 6.45) is 31.9. The molecule has 0 radical (unpaired) electrons. The smallest absolute Gasteiger partial charge is 0.00106 e. The minimum absolute atomic E-state index is 0.953. The van der Waals surface area contributed by atoms with E-state index < -0.39 is 0 Å². The summed E-state index contributed by atoms with van der Waals surface area (Å²) in [7, 11) is 0. The third-order valence-electron chi connectivity index (χ3n) is 8.13. The minimum Gasteiger partial charge on any atom is -0.303 e. The Bertz CT molecular complexity index is 382. The number of piperidine rings is 1. The van der Waals surface area contributed by atoms with Gasteiger partial charge in [0.15, 0.2) is 0 Å². The quantitative estimate of drug-likeness (QED) is 0.120. The third-order valence-corrected chi connectivity index (χ3v) is 8.13. The van der Waals surface area contributed by atoms with E-state index in [4.69, 9.17) is 0 Å². The lowest BCUT2D eigenvalue weighted by Gasteiger charge is -2.35. The fourth-order valence-electron chi connectivity index (χ4n) is 5.92. The maximum atomic E-state index is 2.76. The second-order valence-electron chi connectivity index (χ2n) is 11.6. The van der Waals surface area contributed by atoms with Crippen LogP contribution in [0.2, 0.25) is 0 Å². The van der Waals surface area contributed by atoms with E-state index in [1.807, 2.05) is 0 Å². The molecule has 1 aliphatic rings. The molecule has 0 spiro atoms. The molecule has 0 aromatic heterocycles. The fourth-order valence-corrected chi connectivity index (χ4v) is 5.92. The van der Waals surface area contributed by atoms with Gasteiger partial charge in [0.1, 0.15) is 0 Å².